The zero-order valence-electron chi connectivity index (χ0n) is 16.8. The number of nitrogens with one attached hydrogen (secondary N) is 1. The van der Waals surface area contributed by atoms with Crippen LogP contribution in [-0.2, 0) is 23.6 Å². The van der Waals surface area contributed by atoms with Crippen molar-refractivity contribution in [2.75, 3.05) is 25.9 Å². The monoisotopic (exact) mass is 415 g/mol. The standard InChI is InChI=1S/C18H30N3O6P/c1-5-25-17(22)14(3)20-21(15(4)18(23)26-6-2)28(24,13-12-19)27-16-10-8-7-9-11-16/h7-11,14-15,20H,5-6,12-13,19H2,1-4H3. The van der Waals surface area contributed by atoms with E-state index in [1.54, 1.807) is 44.2 Å². The number of hydrogen-bond acceptors (Lipinski definition) is 8. The number of nitrogens with two attached hydrogens (primary N) is 1. The van der Waals surface area contributed by atoms with Crippen molar-refractivity contribution < 1.29 is 28.2 Å². The van der Waals surface area contributed by atoms with Gasteiger partial charge in [-0.05, 0) is 39.8 Å². The molecule has 0 amide bonds. The number of carbonyl (C=O) groups is 2. The SMILES string of the molecule is CCOC(=O)C(C)NN(C(C)C(=O)OCC)P(=O)(CCN)Oc1ccccc1. The Morgan fingerprint density at radius 1 is 1.11 bits per heavy atom. The highest BCUT2D eigenvalue weighted by molar-refractivity contribution is 7.56. The fourth-order valence-corrected chi connectivity index (χ4v) is 4.49. The Hall–Kier alpha value is -1.93. The normalized spacial score (nSPS) is 15.4. The van der Waals surface area contributed by atoms with E-state index in [1.165, 1.54) is 13.8 Å². The van der Waals surface area contributed by atoms with Gasteiger partial charge in [-0.1, -0.05) is 18.2 Å². The molecule has 0 aliphatic rings. The fraction of sp³-hybridized carbons (Fsp3) is 0.556. The highest BCUT2D eigenvalue weighted by Crippen LogP contribution is 2.50. The second-order valence-electron chi connectivity index (χ2n) is 5.93. The van der Waals surface area contributed by atoms with Crippen molar-refractivity contribution in [3.05, 3.63) is 30.3 Å². The van der Waals surface area contributed by atoms with Gasteiger partial charge in [-0.3, -0.25) is 14.2 Å². The van der Waals surface area contributed by atoms with Crippen molar-refractivity contribution in [2.24, 2.45) is 5.73 Å². The van der Waals surface area contributed by atoms with Crippen LogP contribution in [0.4, 0.5) is 0 Å². The Morgan fingerprint density at radius 2 is 1.68 bits per heavy atom. The molecule has 0 spiro atoms. The minimum Gasteiger partial charge on any atom is -0.465 e. The van der Waals surface area contributed by atoms with Crippen LogP contribution in [-0.4, -0.2) is 54.7 Å². The van der Waals surface area contributed by atoms with Crippen molar-refractivity contribution in [2.45, 2.75) is 39.8 Å². The number of esters is 2. The average Bonchev–Trinajstić information content (AvgIpc) is 2.66. The molecule has 1 rings (SSSR count). The van der Waals surface area contributed by atoms with Crippen LogP contribution < -0.4 is 15.7 Å². The molecule has 3 unspecified atom stereocenters. The highest BCUT2D eigenvalue weighted by Gasteiger charge is 2.41. The molecule has 158 valence electrons. The van der Waals surface area contributed by atoms with E-state index in [9.17, 15) is 14.2 Å². The van der Waals surface area contributed by atoms with Crippen LogP contribution >= 0.6 is 7.52 Å². The fourth-order valence-electron chi connectivity index (χ4n) is 2.35. The van der Waals surface area contributed by atoms with Crippen LogP contribution in [0.5, 0.6) is 5.75 Å². The predicted molar refractivity (Wildman–Crippen MR) is 106 cm³/mol. The smallest absolute Gasteiger partial charge is 0.334 e. The molecule has 9 nitrogen and oxygen atoms in total. The lowest BCUT2D eigenvalue weighted by Crippen LogP contribution is -2.53. The maximum absolute atomic E-state index is 13.8. The van der Waals surface area contributed by atoms with Crippen molar-refractivity contribution in [3.8, 4) is 5.75 Å². The molecule has 0 saturated carbocycles. The number of benzene rings is 1. The molecule has 0 bridgehead atoms. The first-order valence-corrected chi connectivity index (χ1v) is 11.0. The molecule has 3 atom stereocenters. The molecule has 0 aliphatic heterocycles. The van der Waals surface area contributed by atoms with Gasteiger partial charge in [0, 0.05) is 6.54 Å². The molecule has 1 aromatic carbocycles. The third-order valence-corrected chi connectivity index (χ3v) is 6.13. The second-order valence-corrected chi connectivity index (χ2v) is 8.27. The van der Waals surface area contributed by atoms with Gasteiger partial charge in [0.2, 0.25) is 0 Å². The quantitative estimate of drug-likeness (QED) is 0.300. The van der Waals surface area contributed by atoms with Crippen molar-refractivity contribution in [3.63, 3.8) is 0 Å². The van der Waals surface area contributed by atoms with Gasteiger partial charge >= 0.3 is 19.5 Å². The summed E-state index contributed by atoms with van der Waals surface area (Å²) in [4.78, 5) is 24.4. The largest absolute Gasteiger partial charge is 0.465 e. The molecule has 0 saturated heterocycles. The zero-order chi connectivity index (χ0) is 21.2. The first-order chi connectivity index (χ1) is 13.3. The predicted octanol–water partition coefficient (Wildman–Crippen LogP) is 1.93. The van der Waals surface area contributed by atoms with E-state index >= 15 is 0 Å². The average molecular weight is 415 g/mol. The van der Waals surface area contributed by atoms with Crippen LogP contribution in [0.25, 0.3) is 0 Å². The van der Waals surface area contributed by atoms with Gasteiger partial charge in [0.25, 0.3) is 0 Å². The summed E-state index contributed by atoms with van der Waals surface area (Å²) in [5.41, 5.74) is 8.47. The summed E-state index contributed by atoms with van der Waals surface area (Å²) in [6.07, 6.45) is -0.0474. The number of carbonyl (C=O) groups excluding carboxylic acids is 2. The third kappa shape index (κ3) is 6.91. The Morgan fingerprint density at radius 3 is 2.21 bits per heavy atom. The van der Waals surface area contributed by atoms with Crippen molar-refractivity contribution >= 4 is 19.5 Å². The van der Waals surface area contributed by atoms with Gasteiger partial charge in [-0.2, -0.15) is 0 Å². The first-order valence-electron chi connectivity index (χ1n) is 9.22. The van der Waals surface area contributed by atoms with Crippen LogP contribution in [0.15, 0.2) is 30.3 Å². The Kier molecular flexibility index (Phi) is 10.2. The summed E-state index contributed by atoms with van der Waals surface area (Å²) in [6, 6.07) is 6.67. The number of para-hydroxylation sites is 1. The van der Waals surface area contributed by atoms with Crippen LogP contribution in [0.2, 0.25) is 0 Å². The topological polar surface area (TPSA) is 120 Å². The number of nitrogens with zero attached hydrogens (tertiary/aromatic N) is 1. The van der Waals surface area contributed by atoms with Crippen molar-refractivity contribution in [1.29, 1.82) is 0 Å². The van der Waals surface area contributed by atoms with Gasteiger partial charge in [0.1, 0.15) is 17.8 Å². The summed E-state index contributed by atoms with van der Waals surface area (Å²) in [5, 5.41) is 0. The molecule has 28 heavy (non-hydrogen) atoms. The van der Waals surface area contributed by atoms with Crippen LogP contribution in [0.3, 0.4) is 0 Å². The Bertz CT molecular complexity index is 673. The first kappa shape index (κ1) is 24.1. The minimum absolute atomic E-state index is 0.0472. The third-order valence-electron chi connectivity index (χ3n) is 3.69. The molecular formula is C18H30N3O6P. The molecule has 0 aromatic heterocycles. The molecule has 0 radical (unpaired) electrons. The molecule has 3 N–H and O–H groups in total. The van der Waals surface area contributed by atoms with E-state index in [0.29, 0.717) is 5.75 Å². The Labute approximate surface area is 166 Å². The molecular weight excluding hydrogens is 385 g/mol. The molecule has 1 aromatic rings. The van der Waals surface area contributed by atoms with E-state index in [0.717, 1.165) is 4.78 Å². The van der Waals surface area contributed by atoms with Crippen LogP contribution in [0, 0.1) is 0 Å². The van der Waals surface area contributed by atoms with Gasteiger partial charge in [0.05, 0.1) is 19.4 Å². The van der Waals surface area contributed by atoms with E-state index in [2.05, 4.69) is 5.43 Å². The van der Waals surface area contributed by atoms with Crippen molar-refractivity contribution in [1.82, 2.24) is 10.2 Å². The van der Waals surface area contributed by atoms with E-state index in [1.807, 2.05) is 0 Å². The molecule has 10 heteroatoms. The van der Waals surface area contributed by atoms with E-state index in [4.69, 9.17) is 19.7 Å². The maximum atomic E-state index is 13.8. The van der Waals surface area contributed by atoms with E-state index < -0.39 is 31.5 Å². The number of hydrogen-bond donors (Lipinski definition) is 2. The lowest BCUT2D eigenvalue weighted by molar-refractivity contribution is -0.151. The van der Waals surface area contributed by atoms with Gasteiger partial charge in [0.15, 0.2) is 0 Å². The summed E-state index contributed by atoms with van der Waals surface area (Å²) in [5.74, 6) is -0.812. The molecule has 0 heterocycles. The summed E-state index contributed by atoms with van der Waals surface area (Å²) < 4.78 is 30.7. The summed E-state index contributed by atoms with van der Waals surface area (Å²) >= 11 is 0. The number of hydrazine groups is 1. The second kappa shape index (κ2) is 11.8. The van der Waals surface area contributed by atoms with Crippen LogP contribution in [0.1, 0.15) is 27.7 Å². The van der Waals surface area contributed by atoms with E-state index in [-0.39, 0.29) is 25.9 Å². The lowest BCUT2D eigenvalue weighted by Gasteiger charge is -2.35. The lowest BCUT2D eigenvalue weighted by atomic mass is 10.3. The van der Waals surface area contributed by atoms with Gasteiger partial charge in [-0.15, -0.1) is 4.78 Å². The Balaban J connectivity index is 3.23. The molecule has 0 aliphatic carbocycles. The maximum Gasteiger partial charge on any atom is 0.334 e. The molecule has 0 fully saturated rings. The summed E-state index contributed by atoms with van der Waals surface area (Å²) in [7, 11) is -3.71. The zero-order valence-corrected chi connectivity index (χ0v) is 17.7. The summed E-state index contributed by atoms with van der Waals surface area (Å²) in [6.45, 7) is 6.81. The van der Waals surface area contributed by atoms with Gasteiger partial charge < -0.3 is 19.7 Å². The van der Waals surface area contributed by atoms with Gasteiger partial charge in [-0.25, -0.2) is 5.43 Å². The highest BCUT2D eigenvalue weighted by atomic mass is 31.2. The minimum atomic E-state index is -3.71. The number of ether oxygens (including phenoxy) is 2. The number of rotatable bonds is 12.